The summed E-state index contributed by atoms with van der Waals surface area (Å²) >= 11 is 12.7. The molecule has 0 aliphatic carbocycles. The van der Waals surface area contributed by atoms with Gasteiger partial charge in [0.25, 0.3) is 17.4 Å². The lowest BCUT2D eigenvalue weighted by Gasteiger charge is -2.35. The standard InChI is InChI=1S/C29H25Cl2N5O5/c1-14(2)35-24-23(33-25(35)18-8-7-17(40-4)12-22(18)41-5)27(38)36(21-11-16(31)13-34(3)26(21)37)29(24)19-9-6-15(30)10-20(19)32-28(29)39/h6-14H,1-5H3,(H,32,39)/t29-/m1/s1. The number of carbonyl (C=O) groups excluding carboxylic acids is 2. The number of aromatic nitrogens is 3. The number of amides is 2. The van der Waals surface area contributed by atoms with Crippen molar-refractivity contribution < 1.29 is 19.1 Å². The minimum absolute atomic E-state index is 0.0338. The Morgan fingerprint density at radius 3 is 2.41 bits per heavy atom. The van der Waals surface area contributed by atoms with Crippen molar-refractivity contribution in [2.24, 2.45) is 7.05 Å². The van der Waals surface area contributed by atoms with Crippen LogP contribution in [-0.4, -0.2) is 40.2 Å². The maximum Gasteiger partial charge on any atom is 0.280 e. The van der Waals surface area contributed by atoms with Crippen molar-refractivity contribution in [1.82, 2.24) is 14.1 Å². The molecule has 10 nitrogen and oxygen atoms in total. The van der Waals surface area contributed by atoms with Gasteiger partial charge >= 0.3 is 0 Å². The SMILES string of the molecule is COc1ccc(-c2nc3c(n2C(C)C)[C@]2(C(=O)Nc4cc(Cl)ccc42)N(c2cc(Cl)cn(C)c2=O)C3=O)c(OC)c1. The number of rotatable bonds is 5. The molecular weight excluding hydrogens is 569 g/mol. The lowest BCUT2D eigenvalue weighted by atomic mass is 9.87. The first-order valence-electron chi connectivity index (χ1n) is 12.7. The van der Waals surface area contributed by atoms with Gasteiger partial charge in [0.05, 0.1) is 30.5 Å². The number of carbonyl (C=O) groups is 2. The second-order valence-corrected chi connectivity index (χ2v) is 11.0. The van der Waals surface area contributed by atoms with Gasteiger partial charge in [-0.3, -0.25) is 19.3 Å². The molecule has 0 fully saturated rings. The molecule has 0 saturated carbocycles. The number of halogens is 2. The highest BCUT2D eigenvalue weighted by Crippen LogP contribution is 2.54. The molecule has 41 heavy (non-hydrogen) atoms. The Morgan fingerprint density at radius 1 is 0.976 bits per heavy atom. The third-order valence-corrected chi connectivity index (χ3v) is 7.92. The van der Waals surface area contributed by atoms with Crippen molar-refractivity contribution in [3.63, 3.8) is 0 Å². The van der Waals surface area contributed by atoms with Gasteiger partial charge in [0.15, 0.2) is 11.2 Å². The molecule has 2 amide bonds. The fourth-order valence-corrected chi connectivity index (χ4v) is 6.22. The molecule has 6 rings (SSSR count). The fraction of sp³-hybridized carbons (Fsp3) is 0.241. The topological polar surface area (TPSA) is 108 Å². The van der Waals surface area contributed by atoms with Crippen LogP contribution in [0.2, 0.25) is 10.0 Å². The van der Waals surface area contributed by atoms with Gasteiger partial charge in [-0.05, 0) is 44.2 Å². The minimum atomic E-state index is -1.78. The quantitative estimate of drug-likeness (QED) is 0.348. The first-order valence-corrected chi connectivity index (χ1v) is 13.5. The average Bonchev–Trinajstić information content (AvgIpc) is 3.54. The van der Waals surface area contributed by atoms with Gasteiger partial charge in [-0.15, -0.1) is 0 Å². The molecule has 0 saturated heterocycles. The van der Waals surface area contributed by atoms with Crippen molar-refractivity contribution in [1.29, 1.82) is 0 Å². The van der Waals surface area contributed by atoms with Crippen LogP contribution >= 0.6 is 23.2 Å². The monoisotopic (exact) mass is 593 g/mol. The summed E-state index contributed by atoms with van der Waals surface area (Å²) < 4.78 is 14.1. The summed E-state index contributed by atoms with van der Waals surface area (Å²) in [6, 6.07) is 11.3. The Labute approximate surface area is 245 Å². The van der Waals surface area contributed by atoms with Gasteiger partial charge in [-0.25, -0.2) is 4.98 Å². The van der Waals surface area contributed by atoms with Crippen molar-refractivity contribution in [3.8, 4) is 22.9 Å². The normalized spacial score (nSPS) is 17.3. The summed E-state index contributed by atoms with van der Waals surface area (Å²) in [5, 5.41) is 3.51. The molecule has 4 aromatic rings. The van der Waals surface area contributed by atoms with Crippen LogP contribution < -0.4 is 25.2 Å². The number of nitrogens with one attached hydrogen (secondary N) is 1. The second-order valence-electron chi connectivity index (χ2n) is 10.1. The number of pyridine rings is 1. The Hall–Kier alpha value is -4.28. The molecule has 4 heterocycles. The first-order chi connectivity index (χ1) is 19.5. The van der Waals surface area contributed by atoms with Crippen molar-refractivity contribution in [2.45, 2.75) is 25.4 Å². The molecule has 1 N–H and O–H groups in total. The van der Waals surface area contributed by atoms with Crippen molar-refractivity contribution in [3.05, 3.63) is 86.0 Å². The van der Waals surface area contributed by atoms with E-state index in [2.05, 4.69) is 5.32 Å². The molecule has 1 spiro atoms. The lowest BCUT2D eigenvalue weighted by Crippen LogP contribution is -2.53. The van der Waals surface area contributed by atoms with Crippen LogP contribution in [0.5, 0.6) is 11.5 Å². The summed E-state index contributed by atoms with van der Waals surface area (Å²) in [5.41, 5.74) is -0.506. The number of anilines is 2. The van der Waals surface area contributed by atoms with Gasteiger partial charge in [-0.1, -0.05) is 29.3 Å². The van der Waals surface area contributed by atoms with E-state index in [1.54, 1.807) is 43.5 Å². The van der Waals surface area contributed by atoms with E-state index in [9.17, 15) is 14.4 Å². The van der Waals surface area contributed by atoms with Crippen LogP contribution in [0, 0.1) is 0 Å². The third kappa shape index (κ3) is 3.63. The molecule has 1 atom stereocenters. The van der Waals surface area contributed by atoms with E-state index in [1.807, 2.05) is 18.4 Å². The number of ether oxygens (including phenoxy) is 2. The molecular formula is C29H25Cl2N5O5. The lowest BCUT2D eigenvalue weighted by molar-refractivity contribution is -0.119. The Morgan fingerprint density at radius 2 is 1.73 bits per heavy atom. The number of imidazole rings is 1. The Bertz CT molecular complexity index is 1850. The number of nitrogens with zero attached hydrogens (tertiary/aromatic N) is 4. The Kier molecular flexibility index (Phi) is 6.16. The van der Waals surface area contributed by atoms with E-state index in [0.717, 1.165) is 0 Å². The minimum Gasteiger partial charge on any atom is -0.497 e. The summed E-state index contributed by atoms with van der Waals surface area (Å²) in [6.45, 7) is 3.85. The van der Waals surface area contributed by atoms with Crippen LogP contribution in [0.15, 0.2) is 53.5 Å². The highest BCUT2D eigenvalue weighted by Gasteiger charge is 2.64. The Balaban J connectivity index is 1.74. The molecule has 2 aromatic carbocycles. The average molecular weight is 594 g/mol. The highest BCUT2D eigenvalue weighted by atomic mass is 35.5. The zero-order valence-corrected chi connectivity index (χ0v) is 24.3. The zero-order chi connectivity index (χ0) is 29.4. The molecule has 2 aromatic heterocycles. The summed E-state index contributed by atoms with van der Waals surface area (Å²) in [5.74, 6) is 0.327. The molecule has 12 heteroatoms. The summed E-state index contributed by atoms with van der Waals surface area (Å²) in [4.78, 5) is 48.3. The third-order valence-electron chi connectivity index (χ3n) is 7.48. The number of hydrogen-bond donors (Lipinski definition) is 1. The number of methoxy groups -OCH3 is 2. The van der Waals surface area contributed by atoms with Gasteiger partial charge in [0.2, 0.25) is 0 Å². The first kappa shape index (κ1) is 26.9. The molecule has 0 unspecified atom stereocenters. The van der Waals surface area contributed by atoms with Gasteiger partial charge in [0.1, 0.15) is 23.0 Å². The van der Waals surface area contributed by atoms with E-state index in [4.69, 9.17) is 37.7 Å². The van der Waals surface area contributed by atoms with E-state index < -0.39 is 22.9 Å². The highest BCUT2D eigenvalue weighted by molar-refractivity contribution is 6.32. The van der Waals surface area contributed by atoms with Gasteiger partial charge < -0.3 is 23.9 Å². The molecule has 2 aliphatic heterocycles. The van der Waals surface area contributed by atoms with E-state index in [1.165, 1.54) is 35.9 Å². The maximum absolute atomic E-state index is 14.4. The van der Waals surface area contributed by atoms with Crippen molar-refractivity contribution in [2.75, 3.05) is 24.4 Å². The molecule has 210 valence electrons. The van der Waals surface area contributed by atoms with Crippen LogP contribution in [-0.2, 0) is 17.4 Å². The van der Waals surface area contributed by atoms with Crippen LogP contribution in [0.25, 0.3) is 11.4 Å². The predicted octanol–water partition coefficient (Wildman–Crippen LogP) is 5.01. The van der Waals surface area contributed by atoms with Crippen molar-refractivity contribution >= 4 is 46.4 Å². The number of fused-ring (bicyclic) bond motifs is 4. The molecule has 2 aliphatic rings. The largest absolute Gasteiger partial charge is 0.497 e. The number of benzene rings is 2. The number of hydrogen-bond acceptors (Lipinski definition) is 6. The van der Waals surface area contributed by atoms with Crippen LogP contribution in [0.1, 0.15) is 41.6 Å². The molecule has 0 radical (unpaired) electrons. The number of aryl methyl sites for hydroxylation is 1. The van der Waals surface area contributed by atoms with Gasteiger partial charge in [-0.2, -0.15) is 0 Å². The van der Waals surface area contributed by atoms with E-state index >= 15 is 0 Å². The maximum atomic E-state index is 14.4. The fourth-order valence-electron chi connectivity index (χ4n) is 5.80. The van der Waals surface area contributed by atoms with Gasteiger partial charge in [0, 0.05) is 41.6 Å². The summed E-state index contributed by atoms with van der Waals surface area (Å²) in [7, 11) is 4.61. The zero-order valence-electron chi connectivity index (χ0n) is 22.8. The van der Waals surface area contributed by atoms with Crippen LogP contribution in [0.4, 0.5) is 11.4 Å². The van der Waals surface area contributed by atoms with Crippen LogP contribution in [0.3, 0.4) is 0 Å². The van der Waals surface area contributed by atoms with E-state index in [-0.39, 0.29) is 22.4 Å². The summed E-state index contributed by atoms with van der Waals surface area (Å²) in [6.07, 6.45) is 1.44. The second kappa shape index (κ2) is 9.39. The smallest absolute Gasteiger partial charge is 0.280 e. The molecule has 0 bridgehead atoms. The van der Waals surface area contributed by atoms with E-state index in [0.29, 0.717) is 44.9 Å². The predicted molar refractivity (Wildman–Crippen MR) is 156 cm³/mol.